The van der Waals surface area contributed by atoms with Crippen LogP contribution in [0.25, 0.3) is 0 Å². The zero-order valence-electron chi connectivity index (χ0n) is 19.5. The van der Waals surface area contributed by atoms with E-state index in [-0.39, 0.29) is 11.7 Å². The molecular formula is C26H32N2O5. The molecule has 0 bridgehead atoms. The molecule has 2 aliphatic rings. The van der Waals surface area contributed by atoms with Gasteiger partial charge in [-0.1, -0.05) is 12.1 Å². The van der Waals surface area contributed by atoms with Crippen LogP contribution in [-0.4, -0.2) is 68.0 Å². The number of ketones is 1. The van der Waals surface area contributed by atoms with Gasteiger partial charge in [0.05, 0.1) is 20.3 Å². The lowest BCUT2D eigenvalue weighted by atomic mass is 10.1. The molecule has 0 N–H and O–H groups in total. The first-order valence-corrected chi connectivity index (χ1v) is 11.6. The lowest BCUT2D eigenvalue weighted by Crippen LogP contribution is -2.48. The largest absolute Gasteiger partial charge is 0.493 e. The molecule has 1 fully saturated rings. The van der Waals surface area contributed by atoms with E-state index in [4.69, 9.17) is 14.2 Å². The maximum absolute atomic E-state index is 12.6. The molecule has 7 heteroatoms. The summed E-state index contributed by atoms with van der Waals surface area (Å²) in [6.07, 6.45) is 2.08. The number of amides is 1. The van der Waals surface area contributed by atoms with Crippen molar-refractivity contribution in [3.05, 3.63) is 53.1 Å². The summed E-state index contributed by atoms with van der Waals surface area (Å²) in [7, 11) is 1.55. The quantitative estimate of drug-likeness (QED) is 0.429. The Balaban J connectivity index is 1.17. The summed E-state index contributed by atoms with van der Waals surface area (Å²) in [5.74, 6) is 2.28. The molecule has 33 heavy (non-hydrogen) atoms. The number of fused-ring (bicyclic) bond motifs is 1. The van der Waals surface area contributed by atoms with Gasteiger partial charge in [-0.15, -0.1) is 0 Å². The molecule has 1 amide bonds. The maximum atomic E-state index is 12.6. The van der Waals surface area contributed by atoms with Gasteiger partial charge in [0.15, 0.2) is 17.3 Å². The van der Waals surface area contributed by atoms with E-state index in [0.717, 1.165) is 51.5 Å². The van der Waals surface area contributed by atoms with Crippen molar-refractivity contribution < 1.29 is 23.8 Å². The van der Waals surface area contributed by atoms with Crippen LogP contribution >= 0.6 is 0 Å². The minimum atomic E-state index is -0.0209. The standard InChI is InChI=1S/C26H32N2O5/c1-19(29)21-6-8-24(25(17-21)31-2)32-14-3-4-26(30)28-12-10-27(11-13-28)18-20-5-7-23-22(16-20)9-15-33-23/h5-8,16-17H,3-4,9-15,18H2,1-2H3. The molecule has 2 aromatic carbocycles. The highest BCUT2D eigenvalue weighted by Gasteiger charge is 2.21. The minimum absolute atomic E-state index is 0.0209. The van der Waals surface area contributed by atoms with Gasteiger partial charge in [0.2, 0.25) is 5.91 Å². The van der Waals surface area contributed by atoms with Crippen molar-refractivity contribution in [2.75, 3.05) is 46.5 Å². The van der Waals surface area contributed by atoms with Crippen molar-refractivity contribution in [3.63, 3.8) is 0 Å². The number of benzene rings is 2. The second-order valence-electron chi connectivity index (χ2n) is 8.57. The van der Waals surface area contributed by atoms with Crippen molar-refractivity contribution in [1.82, 2.24) is 9.80 Å². The highest BCUT2D eigenvalue weighted by molar-refractivity contribution is 5.94. The molecular weight excluding hydrogens is 420 g/mol. The third kappa shape index (κ3) is 5.85. The minimum Gasteiger partial charge on any atom is -0.493 e. The van der Waals surface area contributed by atoms with Crippen LogP contribution in [0.2, 0.25) is 0 Å². The summed E-state index contributed by atoms with van der Waals surface area (Å²) in [5.41, 5.74) is 3.19. The SMILES string of the molecule is COc1cc(C(C)=O)ccc1OCCCC(=O)N1CCN(Cc2ccc3c(c2)CCO3)CC1. The van der Waals surface area contributed by atoms with Crippen LogP contribution in [-0.2, 0) is 17.8 Å². The normalized spacial score (nSPS) is 15.6. The van der Waals surface area contributed by atoms with Gasteiger partial charge in [-0.2, -0.15) is 0 Å². The van der Waals surface area contributed by atoms with E-state index >= 15 is 0 Å². The summed E-state index contributed by atoms with van der Waals surface area (Å²) in [5, 5.41) is 0. The monoisotopic (exact) mass is 452 g/mol. The maximum Gasteiger partial charge on any atom is 0.222 e. The van der Waals surface area contributed by atoms with Gasteiger partial charge in [0.1, 0.15) is 5.75 Å². The van der Waals surface area contributed by atoms with Crippen LogP contribution in [0.3, 0.4) is 0 Å². The zero-order valence-corrected chi connectivity index (χ0v) is 19.5. The molecule has 4 rings (SSSR count). The first-order valence-electron chi connectivity index (χ1n) is 11.6. The fourth-order valence-electron chi connectivity index (χ4n) is 4.32. The molecule has 7 nitrogen and oxygen atoms in total. The Labute approximate surface area is 195 Å². The van der Waals surface area contributed by atoms with Crippen molar-refractivity contribution in [2.24, 2.45) is 0 Å². The number of Topliss-reactive ketones (excluding diaryl/α,β-unsaturated/α-hetero) is 1. The molecule has 0 spiro atoms. The summed E-state index contributed by atoms with van der Waals surface area (Å²) in [6.45, 7) is 6.91. The Morgan fingerprint density at radius 3 is 2.61 bits per heavy atom. The van der Waals surface area contributed by atoms with Gasteiger partial charge in [0, 0.05) is 51.1 Å². The fraction of sp³-hybridized carbons (Fsp3) is 0.462. The van der Waals surface area contributed by atoms with Crippen molar-refractivity contribution >= 4 is 11.7 Å². The third-order valence-electron chi connectivity index (χ3n) is 6.25. The average Bonchev–Trinajstić information content (AvgIpc) is 3.30. The number of carbonyl (C=O) groups is 2. The number of hydrogen-bond donors (Lipinski definition) is 0. The van der Waals surface area contributed by atoms with Crippen molar-refractivity contribution in [3.8, 4) is 17.2 Å². The summed E-state index contributed by atoms with van der Waals surface area (Å²) in [6, 6.07) is 11.6. The van der Waals surface area contributed by atoms with E-state index < -0.39 is 0 Å². The molecule has 0 aliphatic carbocycles. The number of hydrogen-bond acceptors (Lipinski definition) is 6. The number of rotatable bonds is 9. The van der Waals surface area contributed by atoms with Gasteiger partial charge in [-0.05, 0) is 48.7 Å². The van der Waals surface area contributed by atoms with Crippen LogP contribution in [0.1, 0.15) is 41.3 Å². The first kappa shape index (κ1) is 23.1. The van der Waals surface area contributed by atoms with E-state index in [9.17, 15) is 9.59 Å². The van der Waals surface area contributed by atoms with Crippen LogP contribution in [0.5, 0.6) is 17.2 Å². The molecule has 2 aromatic rings. The average molecular weight is 453 g/mol. The van der Waals surface area contributed by atoms with Crippen molar-refractivity contribution in [2.45, 2.75) is 32.7 Å². The molecule has 0 unspecified atom stereocenters. The van der Waals surface area contributed by atoms with Crippen LogP contribution < -0.4 is 14.2 Å². The smallest absolute Gasteiger partial charge is 0.222 e. The summed E-state index contributed by atoms with van der Waals surface area (Å²) in [4.78, 5) is 28.5. The molecule has 0 saturated carbocycles. The summed E-state index contributed by atoms with van der Waals surface area (Å²) >= 11 is 0. The highest BCUT2D eigenvalue weighted by Crippen LogP contribution is 2.29. The van der Waals surface area contributed by atoms with E-state index in [1.54, 1.807) is 25.3 Å². The molecule has 0 atom stereocenters. The molecule has 0 aromatic heterocycles. The fourth-order valence-corrected chi connectivity index (χ4v) is 4.32. The molecule has 176 valence electrons. The molecule has 1 saturated heterocycles. The lowest BCUT2D eigenvalue weighted by Gasteiger charge is -2.35. The predicted octanol–water partition coefficient (Wildman–Crippen LogP) is 3.34. The number of piperazine rings is 1. The topological polar surface area (TPSA) is 68.3 Å². The third-order valence-corrected chi connectivity index (χ3v) is 6.25. The Bertz CT molecular complexity index is 998. The van der Waals surface area contributed by atoms with E-state index in [0.29, 0.717) is 36.5 Å². The second-order valence-corrected chi connectivity index (χ2v) is 8.57. The first-order chi connectivity index (χ1) is 16.0. The number of carbonyl (C=O) groups excluding carboxylic acids is 2. The van der Waals surface area contributed by atoms with Crippen molar-refractivity contribution in [1.29, 1.82) is 0 Å². The Morgan fingerprint density at radius 2 is 1.85 bits per heavy atom. The lowest BCUT2D eigenvalue weighted by molar-refractivity contribution is -0.133. The van der Waals surface area contributed by atoms with Gasteiger partial charge < -0.3 is 19.1 Å². The Hall–Kier alpha value is -3.06. The second kappa shape index (κ2) is 10.7. The number of methoxy groups -OCH3 is 1. The molecule has 0 radical (unpaired) electrons. The Kier molecular flexibility index (Phi) is 7.50. The van der Waals surface area contributed by atoms with Gasteiger partial charge in [0.25, 0.3) is 0 Å². The molecule has 2 aliphatic heterocycles. The number of ether oxygens (including phenoxy) is 3. The highest BCUT2D eigenvalue weighted by atomic mass is 16.5. The van der Waals surface area contributed by atoms with Crippen LogP contribution in [0.15, 0.2) is 36.4 Å². The predicted molar refractivity (Wildman–Crippen MR) is 125 cm³/mol. The zero-order chi connectivity index (χ0) is 23.2. The van der Waals surface area contributed by atoms with E-state index in [1.165, 1.54) is 18.1 Å². The van der Waals surface area contributed by atoms with Crippen LogP contribution in [0.4, 0.5) is 0 Å². The summed E-state index contributed by atoms with van der Waals surface area (Å²) < 4.78 is 16.7. The van der Waals surface area contributed by atoms with Crippen LogP contribution in [0, 0.1) is 0 Å². The van der Waals surface area contributed by atoms with Gasteiger partial charge >= 0.3 is 0 Å². The van der Waals surface area contributed by atoms with E-state index in [1.807, 2.05) is 4.90 Å². The number of nitrogens with zero attached hydrogens (tertiary/aromatic N) is 2. The Morgan fingerprint density at radius 1 is 1.03 bits per heavy atom. The van der Waals surface area contributed by atoms with Gasteiger partial charge in [-0.25, -0.2) is 0 Å². The molecule has 2 heterocycles. The van der Waals surface area contributed by atoms with Gasteiger partial charge in [-0.3, -0.25) is 14.5 Å². The van der Waals surface area contributed by atoms with E-state index in [2.05, 4.69) is 23.1 Å².